The van der Waals surface area contributed by atoms with Crippen LogP contribution in [-0.4, -0.2) is 42.9 Å². The summed E-state index contributed by atoms with van der Waals surface area (Å²) in [5.74, 6) is -1.28. The van der Waals surface area contributed by atoms with E-state index in [1.807, 2.05) is 0 Å². The highest BCUT2D eigenvalue weighted by Gasteiger charge is 2.19. The van der Waals surface area contributed by atoms with Crippen LogP contribution >= 0.6 is 0 Å². The Labute approximate surface area is 145 Å². The molecule has 0 aliphatic heterocycles. The lowest BCUT2D eigenvalue weighted by Crippen LogP contribution is -2.37. The van der Waals surface area contributed by atoms with Crippen LogP contribution in [0.4, 0.5) is 10.5 Å². The quantitative estimate of drug-likeness (QED) is 0.604. The molecule has 0 bridgehead atoms. The number of benzene rings is 1. The first-order chi connectivity index (χ1) is 11.6. The summed E-state index contributed by atoms with van der Waals surface area (Å²) in [6.07, 6.45) is -0.721. The molecule has 3 amide bonds. The average molecular weight is 342 g/mol. The minimum atomic E-state index is -0.731. The Balaban J connectivity index is 2.15. The van der Waals surface area contributed by atoms with Crippen LogP contribution in [0.2, 0.25) is 0 Å². The largest absolute Gasteiger partial charge is 0.444 e. The topological polar surface area (TPSA) is 126 Å². The molecule has 5 N–H and O–H groups in total. The summed E-state index contributed by atoms with van der Waals surface area (Å²) < 4.78 is 5.04. The van der Waals surface area contributed by atoms with Crippen LogP contribution in [0, 0.1) is 0 Å². The van der Waals surface area contributed by atoms with E-state index < -0.39 is 23.5 Å². The first kappa shape index (κ1) is 18.4. The number of carbonyl (C=O) groups excluding carboxylic acids is 3. The Bertz CT molecular complexity index is 839. The number of rotatable bonds is 4. The average Bonchev–Trinajstić information content (AvgIpc) is 2.82. The number of aromatic amines is 1. The molecule has 1 aromatic carbocycles. The van der Waals surface area contributed by atoms with Crippen molar-refractivity contribution in [3.8, 4) is 0 Å². The second kappa shape index (κ2) is 6.88. The number of nitrogens with one attached hydrogen (secondary N) is 3. The molecule has 0 fully saturated rings. The van der Waals surface area contributed by atoms with Crippen molar-refractivity contribution >= 4 is 47.8 Å². The van der Waals surface area contributed by atoms with Crippen LogP contribution in [0.3, 0.4) is 0 Å². The van der Waals surface area contributed by atoms with E-state index in [4.69, 9.17) is 18.3 Å². The SMILES string of the molecule is [B]c1ccc2[nH]c(C(N)=O)c(NC(=O)CNC(=O)OC(C)(C)C)c2c1. The zero-order valence-corrected chi connectivity index (χ0v) is 14.2. The van der Waals surface area contributed by atoms with Crippen molar-refractivity contribution in [1.29, 1.82) is 0 Å². The Kier molecular flexibility index (Phi) is 5.06. The predicted octanol–water partition coefficient (Wildman–Crippen LogP) is 0.524. The van der Waals surface area contributed by atoms with Gasteiger partial charge in [-0.15, -0.1) is 0 Å². The normalized spacial score (nSPS) is 11.2. The smallest absolute Gasteiger partial charge is 0.408 e. The molecule has 2 aromatic rings. The summed E-state index contributed by atoms with van der Waals surface area (Å²) in [6, 6.07) is 4.93. The summed E-state index contributed by atoms with van der Waals surface area (Å²) in [4.78, 5) is 38.1. The number of H-pyrrole nitrogens is 1. The van der Waals surface area contributed by atoms with Crippen molar-refractivity contribution in [2.45, 2.75) is 26.4 Å². The lowest BCUT2D eigenvalue weighted by molar-refractivity contribution is -0.115. The monoisotopic (exact) mass is 342 g/mol. The molecule has 2 rings (SSSR count). The molecular formula is C16H19BN4O4. The molecule has 0 saturated heterocycles. The van der Waals surface area contributed by atoms with Gasteiger partial charge in [-0.3, -0.25) is 9.59 Å². The molecule has 1 aromatic heterocycles. The van der Waals surface area contributed by atoms with E-state index in [9.17, 15) is 14.4 Å². The predicted molar refractivity (Wildman–Crippen MR) is 95.1 cm³/mol. The second-order valence-electron chi connectivity index (χ2n) is 6.45. The van der Waals surface area contributed by atoms with Gasteiger partial charge in [0.25, 0.3) is 5.91 Å². The number of anilines is 1. The van der Waals surface area contributed by atoms with E-state index in [0.717, 1.165) is 0 Å². The highest BCUT2D eigenvalue weighted by atomic mass is 16.6. The fraction of sp³-hybridized carbons (Fsp3) is 0.312. The maximum Gasteiger partial charge on any atom is 0.408 e. The molecule has 0 aliphatic carbocycles. The Morgan fingerprint density at radius 3 is 2.56 bits per heavy atom. The number of carbonyl (C=O) groups is 3. The molecule has 0 atom stereocenters. The van der Waals surface area contributed by atoms with Gasteiger partial charge in [0, 0.05) is 10.9 Å². The molecule has 25 heavy (non-hydrogen) atoms. The minimum absolute atomic E-state index is 0.0474. The molecule has 2 radical (unpaired) electrons. The molecule has 0 saturated carbocycles. The highest BCUT2D eigenvalue weighted by molar-refractivity contribution is 6.33. The van der Waals surface area contributed by atoms with Crippen molar-refractivity contribution in [3.05, 3.63) is 23.9 Å². The summed E-state index contributed by atoms with van der Waals surface area (Å²) >= 11 is 0. The maximum absolute atomic E-state index is 12.1. The number of amides is 3. The van der Waals surface area contributed by atoms with E-state index in [2.05, 4.69) is 15.6 Å². The van der Waals surface area contributed by atoms with Gasteiger partial charge in [0.2, 0.25) is 5.91 Å². The third kappa shape index (κ3) is 4.76. The fourth-order valence-electron chi connectivity index (χ4n) is 2.17. The lowest BCUT2D eigenvalue weighted by atomic mass is 9.95. The minimum Gasteiger partial charge on any atom is -0.444 e. The highest BCUT2D eigenvalue weighted by Crippen LogP contribution is 2.26. The first-order valence-electron chi connectivity index (χ1n) is 7.54. The van der Waals surface area contributed by atoms with Gasteiger partial charge < -0.3 is 26.1 Å². The fourth-order valence-corrected chi connectivity index (χ4v) is 2.17. The number of aromatic nitrogens is 1. The zero-order chi connectivity index (χ0) is 18.8. The zero-order valence-electron chi connectivity index (χ0n) is 14.2. The molecular weight excluding hydrogens is 323 g/mol. The van der Waals surface area contributed by atoms with Gasteiger partial charge in [-0.1, -0.05) is 17.6 Å². The number of nitrogens with two attached hydrogens (primary N) is 1. The lowest BCUT2D eigenvalue weighted by Gasteiger charge is -2.19. The number of alkyl carbamates (subject to hydrolysis) is 1. The summed E-state index contributed by atoms with van der Waals surface area (Å²) in [5.41, 5.74) is 5.99. The van der Waals surface area contributed by atoms with Crippen LogP contribution in [0.25, 0.3) is 10.9 Å². The Morgan fingerprint density at radius 2 is 1.96 bits per heavy atom. The number of fused-ring (bicyclic) bond motifs is 1. The Hall–Kier alpha value is -2.97. The van der Waals surface area contributed by atoms with E-state index >= 15 is 0 Å². The standard InChI is InChI=1S/C16H19BN4O4/c1-16(2,3)25-15(24)19-7-11(22)21-12-9-6-8(17)4-5-10(9)20-13(12)14(18)23/h4-6,20H,7H2,1-3H3,(H2,18,23)(H,19,24)(H,21,22). The second-order valence-corrected chi connectivity index (χ2v) is 6.45. The van der Waals surface area contributed by atoms with Gasteiger partial charge >= 0.3 is 6.09 Å². The Morgan fingerprint density at radius 1 is 1.28 bits per heavy atom. The summed E-state index contributed by atoms with van der Waals surface area (Å²) in [7, 11) is 5.75. The molecule has 8 nitrogen and oxygen atoms in total. The molecule has 0 unspecified atom stereocenters. The van der Waals surface area contributed by atoms with Gasteiger partial charge in [0.05, 0.1) is 5.69 Å². The van der Waals surface area contributed by atoms with Crippen molar-refractivity contribution in [2.24, 2.45) is 5.73 Å². The molecule has 0 aliphatic rings. The van der Waals surface area contributed by atoms with Gasteiger partial charge in [0.15, 0.2) is 0 Å². The molecule has 9 heteroatoms. The van der Waals surface area contributed by atoms with Crippen molar-refractivity contribution in [1.82, 2.24) is 10.3 Å². The van der Waals surface area contributed by atoms with E-state index in [-0.39, 0.29) is 17.9 Å². The first-order valence-corrected chi connectivity index (χ1v) is 7.54. The van der Waals surface area contributed by atoms with Crippen LogP contribution in [0.15, 0.2) is 18.2 Å². The van der Waals surface area contributed by atoms with Crippen LogP contribution < -0.4 is 21.8 Å². The van der Waals surface area contributed by atoms with Crippen LogP contribution in [-0.2, 0) is 9.53 Å². The third-order valence-corrected chi connectivity index (χ3v) is 3.13. The summed E-state index contributed by atoms with van der Waals surface area (Å²) in [6.45, 7) is 4.80. The third-order valence-electron chi connectivity index (χ3n) is 3.13. The number of primary amides is 1. The van der Waals surface area contributed by atoms with E-state index in [1.54, 1.807) is 39.0 Å². The van der Waals surface area contributed by atoms with Crippen molar-refractivity contribution < 1.29 is 19.1 Å². The van der Waals surface area contributed by atoms with E-state index in [0.29, 0.717) is 16.4 Å². The number of hydrogen-bond acceptors (Lipinski definition) is 4. The maximum atomic E-state index is 12.1. The summed E-state index contributed by atoms with van der Waals surface area (Å²) in [5, 5.41) is 5.44. The van der Waals surface area contributed by atoms with Gasteiger partial charge in [-0.2, -0.15) is 0 Å². The molecule has 0 spiro atoms. The van der Waals surface area contributed by atoms with Gasteiger partial charge in [-0.05, 0) is 26.8 Å². The number of ether oxygens (including phenoxy) is 1. The van der Waals surface area contributed by atoms with Crippen molar-refractivity contribution in [2.75, 3.05) is 11.9 Å². The van der Waals surface area contributed by atoms with Crippen LogP contribution in [0.1, 0.15) is 31.3 Å². The van der Waals surface area contributed by atoms with E-state index in [1.165, 1.54) is 0 Å². The number of hydrogen-bond donors (Lipinski definition) is 4. The molecule has 1 heterocycles. The van der Waals surface area contributed by atoms with Gasteiger partial charge in [-0.25, -0.2) is 4.79 Å². The van der Waals surface area contributed by atoms with Crippen molar-refractivity contribution in [3.63, 3.8) is 0 Å². The molecule has 130 valence electrons. The van der Waals surface area contributed by atoms with Gasteiger partial charge in [0.1, 0.15) is 25.7 Å². The van der Waals surface area contributed by atoms with Crippen LogP contribution in [0.5, 0.6) is 0 Å².